The molecule has 2 unspecified atom stereocenters. The SMILES string of the molecule is Cc1ccc(C(=O)NC2CCCC2CN)cc1S(=O)(=O)N1CCCCC1. The molecular weight excluding hydrogens is 350 g/mol. The summed E-state index contributed by atoms with van der Waals surface area (Å²) in [6.07, 6.45) is 5.87. The van der Waals surface area contributed by atoms with Crippen LogP contribution >= 0.6 is 0 Å². The zero-order valence-corrected chi connectivity index (χ0v) is 16.2. The number of nitrogens with zero attached hydrogens (tertiary/aromatic N) is 1. The Morgan fingerprint density at radius 1 is 1.19 bits per heavy atom. The maximum absolute atomic E-state index is 13.0. The van der Waals surface area contributed by atoms with Gasteiger partial charge in [-0.15, -0.1) is 0 Å². The van der Waals surface area contributed by atoms with Gasteiger partial charge in [-0.3, -0.25) is 4.79 Å². The summed E-state index contributed by atoms with van der Waals surface area (Å²) < 4.78 is 27.6. The second-order valence-corrected chi connectivity index (χ2v) is 9.36. The molecule has 1 aliphatic carbocycles. The van der Waals surface area contributed by atoms with E-state index in [0.29, 0.717) is 36.7 Å². The van der Waals surface area contributed by atoms with Gasteiger partial charge in [0.05, 0.1) is 4.90 Å². The smallest absolute Gasteiger partial charge is 0.251 e. The monoisotopic (exact) mass is 379 g/mol. The van der Waals surface area contributed by atoms with Gasteiger partial charge in [0.2, 0.25) is 10.0 Å². The predicted molar refractivity (Wildman–Crippen MR) is 101 cm³/mol. The number of nitrogens with one attached hydrogen (secondary N) is 1. The van der Waals surface area contributed by atoms with Gasteiger partial charge in [-0.2, -0.15) is 4.31 Å². The lowest BCUT2D eigenvalue weighted by Gasteiger charge is -2.26. The van der Waals surface area contributed by atoms with Crippen molar-refractivity contribution in [1.82, 2.24) is 9.62 Å². The second-order valence-electron chi connectivity index (χ2n) is 7.45. The molecule has 0 spiro atoms. The molecule has 1 aliphatic heterocycles. The third-order valence-electron chi connectivity index (χ3n) is 5.66. The number of aryl methyl sites for hydroxylation is 1. The van der Waals surface area contributed by atoms with E-state index in [2.05, 4.69) is 5.32 Å². The first kappa shape index (κ1) is 19.3. The average Bonchev–Trinajstić information content (AvgIpc) is 3.09. The minimum Gasteiger partial charge on any atom is -0.349 e. The highest BCUT2D eigenvalue weighted by Gasteiger charge is 2.30. The number of hydrogen-bond donors (Lipinski definition) is 2. The van der Waals surface area contributed by atoms with Crippen LogP contribution in [0, 0.1) is 12.8 Å². The minimum atomic E-state index is -3.56. The summed E-state index contributed by atoms with van der Waals surface area (Å²) in [5.41, 5.74) is 6.86. The van der Waals surface area contributed by atoms with Crippen LogP contribution in [-0.2, 0) is 10.0 Å². The van der Waals surface area contributed by atoms with Crippen molar-refractivity contribution >= 4 is 15.9 Å². The summed E-state index contributed by atoms with van der Waals surface area (Å²) in [6, 6.07) is 5.03. The molecule has 1 aromatic carbocycles. The molecule has 0 aromatic heterocycles. The summed E-state index contributed by atoms with van der Waals surface area (Å²) in [5, 5.41) is 3.05. The Morgan fingerprint density at radius 2 is 1.92 bits per heavy atom. The van der Waals surface area contributed by atoms with Crippen molar-refractivity contribution in [2.75, 3.05) is 19.6 Å². The summed E-state index contributed by atoms with van der Waals surface area (Å²) >= 11 is 0. The van der Waals surface area contributed by atoms with Crippen molar-refractivity contribution in [3.63, 3.8) is 0 Å². The van der Waals surface area contributed by atoms with Crippen molar-refractivity contribution in [3.05, 3.63) is 29.3 Å². The molecule has 26 heavy (non-hydrogen) atoms. The molecule has 6 nitrogen and oxygen atoms in total. The fourth-order valence-corrected chi connectivity index (χ4v) is 5.79. The Labute approximate surface area is 156 Å². The normalized spacial score (nSPS) is 24.5. The second kappa shape index (κ2) is 8.06. The molecule has 0 radical (unpaired) electrons. The van der Waals surface area contributed by atoms with Crippen molar-refractivity contribution in [2.24, 2.45) is 11.7 Å². The van der Waals surface area contributed by atoms with Gasteiger partial charge >= 0.3 is 0 Å². The highest BCUT2D eigenvalue weighted by molar-refractivity contribution is 7.89. The third-order valence-corrected chi connectivity index (χ3v) is 7.70. The average molecular weight is 380 g/mol. The van der Waals surface area contributed by atoms with Crippen molar-refractivity contribution in [3.8, 4) is 0 Å². The van der Waals surface area contributed by atoms with Gasteiger partial charge in [-0.1, -0.05) is 18.9 Å². The van der Waals surface area contributed by atoms with Crippen molar-refractivity contribution < 1.29 is 13.2 Å². The maximum atomic E-state index is 13.0. The van der Waals surface area contributed by atoms with Crippen LogP contribution in [0.15, 0.2) is 23.1 Å². The van der Waals surface area contributed by atoms with Crippen molar-refractivity contribution in [1.29, 1.82) is 0 Å². The van der Waals surface area contributed by atoms with Crippen LogP contribution in [0.25, 0.3) is 0 Å². The zero-order chi connectivity index (χ0) is 18.7. The Bertz CT molecular complexity index is 757. The highest BCUT2D eigenvalue weighted by Crippen LogP contribution is 2.26. The molecular formula is C19H29N3O3S. The number of benzene rings is 1. The molecule has 2 atom stereocenters. The van der Waals surface area contributed by atoms with E-state index < -0.39 is 10.0 Å². The molecule has 1 saturated carbocycles. The quantitative estimate of drug-likeness (QED) is 0.819. The van der Waals surface area contributed by atoms with Gasteiger partial charge in [0.15, 0.2) is 0 Å². The van der Waals surface area contributed by atoms with Gasteiger partial charge < -0.3 is 11.1 Å². The summed E-state index contributed by atoms with van der Waals surface area (Å²) in [6.45, 7) is 3.45. The molecule has 7 heteroatoms. The van der Waals surface area contributed by atoms with E-state index in [9.17, 15) is 13.2 Å². The molecule has 3 N–H and O–H groups in total. The number of piperidine rings is 1. The van der Waals surface area contributed by atoms with Crippen LogP contribution in [0.4, 0.5) is 0 Å². The number of nitrogens with two attached hydrogens (primary N) is 1. The first-order valence-corrected chi connectivity index (χ1v) is 11.0. The Balaban J connectivity index is 1.82. The van der Waals surface area contributed by atoms with E-state index in [4.69, 9.17) is 5.73 Å². The Kier molecular flexibility index (Phi) is 5.99. The third kappa shape index (κ3) is 3.94. The first-order valence-electron chi connectivity index (χ1n) is 9.55. The molecule has 3 rings (SSSR count). The topological polar surface area (TPSA) is 92.5 Å². The number of carbonyl (C=O) groups is 1. The zero-order valence-electron chi connectivity index (χ0n) is 15.4. The van der Waals surface area contributed by atoms with E-state index >= 15 is 0 Å². The molecule has 0 bridgehead atoms. The first-order chi connectivity index (χ1) is 12.4. The molecule has 1 aromatic rings. The summed E-state index contributed by atoms with van der Waals surface area (Å²) in [5.74, 6) is 0.0893. The summed E-state index contributed by atoms with van der Waals surface area (Å²) in [4.78, 5) is 12.9. The minimum absolute atomic E-state index is 0.0796. The molecule has 1 heterocycles. The number of rotatable bonds is 5. The molecule has 1 amide bonds. The van der Waals surface area contributed by atoms with E-state index in [1.54, 1.807) is 23.4 Å². The molecule has 144 valence electrons. The van der Waals surface area contributed by atoms with Gasteiger partial charge in [-0.25, -0.2) is 8.42 Å². The highest BCUT2D eigenvalue weighted by atomic mass is 32.2. The largest absolute Gasteiger partial charge is 0.349 e. The van der Waals surface area contributed by atoms with Gasteiger partial charge in [-0.05, 0) is 62.8 Å². The van der Waals surface area contributed by atoms with E-state index in [1.165, 1.54) is 6.07 Å². The van der Waals surface area contributed by atoms with Crippen LogP contribution in [0.5, 0.6) is 0 Å². The Hall–Kier alpha value is -1.44. The van der Waals surface area contributed by atoms with Crippen LogP contribution in [0.1, 0.15) is 54.4 Å². The maximum Gasteiger partial charge on any atom is 0.251 e. The predicted octanol–water partition coefficient (Wildman–Crippen LogP) is 2.03. The lowest BCUT2D eigenvalue weighted by atomic mass is 10.0. The van der Waals surface area contributed by atoms with Gasteiger partial charge in [0.1, 0.15) is 0 Å². The van der Waals surface area contributed by atoms with Crippen LogP contribution < -0.4 is 11.1 Å². The molecule has 2 fully saturated rings. The van der Waals surface area contributed by atoms with Crippen LogP contribution in [0.2, 0.25) is 0 Å². The summed E-state index contributed by atoms with van der Waals surface area (Å²) in [7, 11) is -3.56. The Morgan fingerprint density at radius 3 is 2.62 bits per heavy atom. The van der Waals surface area contributed by atoms with Gasteiger partial charge in [0, 0.05) is 24.7 Å². The van der Waals surface area contributed by atoms with Crippen LogP contribution in [-0.4, -0.2) is 44.3 Å². The molecule has 2 aliphatic rings. The molecule has 1 saturated heterocycles. The van der Waals surface area contributed by atoms with E-state index in [1.807, 2.05) is 0 Å². The van der Waals surface area contributed by atoms with Crippen LogP contribution in [0.3, 0.4) is 0 Å². The lowest BCUT2D eigenvalue weighted by Crippen LogP contribution is -2.40. The van der Waals surface area contributed by atoms with E-state index in [0.717, 1.165) is 38.5 Å². The number of hydrogen-bond acceptors (Lipinski definition) is 4. The number of sulfonamides is 1. The number of amides is 1. The van der Waals surface area contributed by atoms with E-state index in [-0.39, 0.29) is 16.8 Å². The fourth-order valence-electron chi connectivity index (χ4n) is 4.02. The van der Waals surface area contributed by atoms with Crippen molar-refractivity contribution in [2.45, 2.75) is 56.4 Å². The standard InChI is InChI=1S/C19H29N3O3S/c1-14-8-9-15(19(23)21-17-7-5-6-16(17)13-20)12-18(14)26(24,25)22-10-3-2-4-11-22/h8-9,12,16-17H,2-7,10-11,13,20H2,1H3,(H,21,23). The fraction of sp³-hybridized carbons (Fsp3) is 0.632. The lowest BCUT2D eigenvalue weighted by molar-refractivity contribution is 0.0928. The number of carbonyl (C=O) groups excluding carboxylic acids is 1. The van der Waals surface area contributed by atoms with Gasteiger partial charge in [0.25, 0.3) is 5.91 Å².